The molecule has 152 valence electrons. The van der Waals surface area contributed by atoms with Crippen molar-refractivity contribution in [2.24, 2.45) is 0 Å². The number of sulfonamides is 1. The third-order valence-electron chi connectivity index (χ3n) is 6.62. The summed E-state index contributed by atoms with van der Waals surface area (Å²) in [6.07, 6.45) is 10.0. The van der Waals surface area contributed by atoms with E-state index >= 15 is 0 Å². The van der Waals surface area contributed by atoms with E-state index < -0.39 is 16.1 Å². The van der Waals surface area contributed by atoms with Gasteiger partial charge in [0.15, 0.2) is 0 Å². The molecule has 1 aromatic carbocycles. The number of nitrogens with one attached hydrogen (secondary N) is 2. The number of carbonyl (C=O) groups is 1. The molecule has 4 rings (SSSR count). The second-order valence-corrected chi connectivity index (χ2v) is 10.1. The fraction of sp³-hybridized carbons (Fsp3) is 0.571. The summed E-state index contributed by atoms with van der Waals surface area (Å²) in [6, 6.07) is 1.35. The highest BCUT2D eigenvalue weighted by molar-refractivity contribution is 7.92. The Hall–Kier alpha value is -1.86. The van der Waals surface area contributed by atoms with Gasteiger partial charge in [-0.15, -0.1) is 0 Å². The molecule has 0 radical (unpaired) electrons. The molecule has 2 amide bonds. The highest BCUT2D eigenvalue weighted by Gasteiger charge is 2.32. The maximum absolute atomic E-state index is 12.4. The number of hydrogen-bond acceptors (Lipinski definition) is 4. The van der Waals surface area contributed by atoms with Gasteiger partial charge in [0, 0.05) is 16.6 Å². The second kappa shape index (κ2) is 7.19. The number of likely N-dealkylation sites (tertiary alicyclic amines) is 1. The van der Waals surface area contributed by atoms with E-state index in [0.717, 1.165) is 69.0 Å². The summed E-state index contributed by atoms with van der Waals surface area (Å²) < 4.78 is 26.9. The van der Waals surface area contributed by atoms with Crippen LogP contribution in [-0.2, 0) is 35.7 Å². The minimum Gasteiger partial charge on any atom is -0.307 e. The van der Waals surface area contributed by atoms with E-state index in [1.54, 1.807) is 6.08 Å². The van der Waals surface area contributed by atoms with Gasteiger partial charge in [-0.1, -0.05) is 6.08 Å². The topological polar surface area (TPSA) is 78.5 Å². The SMILES string of the molecule is CN1CCC[C@@]1(C)/C=C/S(=O)(=O)NC(=O)Nc1cc2c(c3c1CCC3)CCC2. The molecule has 1 atom stereocenters. The molecule has 0 saturated carbocycles. The lowest BCUT2D eigenvalue weighted by Gasteiger charge is -2.28. The predicted octanol–water partition coefficient (Wildman–Crippen LogP) is 3.11. The lowest BCUT2D eigenvalue weighted by atomic mass is 9.98. The van der Waals surface area contributed by atoms with Gasteiger partial charge in [0.1, 0.15) is 0 Å². The van der Waals surface area contributed by atoms with Gasteiger partial charge in [0.25, 0.3) is 10.0 Å². The van der Waals surface area contributed by atoms with Gasteiger partial charge in [-0.2, -0.15) is 0 Å². The Kier molecular flexibility index (Phi) is 5.00. The number of benzene rings is 1. The van der Waals surface area contributed by atoms with Crippen LogP contribution in [0.3, 0.4) is 0 Å². The van der Waals surface area contributed by atoms with Crippen molar-refractivity contribution in [3.05, 3.63) is 39.8 Å². The standard InChI is InChI=1S/C21H29N3O3S/c1-21(10-5-12-24(21)2)11-13-28(26,27)23-20(25)22-19-14-15-6-3-7-16(15)17-8-4-9-18(17)19/h11,13-14H,3-10,12H2,1-2H3,(H2,22,23,25)/b13-11+/t21-/m0/s1. The van der Waals surface area contributed by atoms with Crippen LogP contribution in [0.2, 0.25) is 0 Å². The van der Waals surface area contributed by atoms with E-state index in [-0.39, 0.29) is 5.54 Å². The van der Waals surface area contributed by atoms with Crippen LogP contribution in [0, 0.1) is 0 Å². The zero-order valence-corrected chi connectivity index (χ0v) is 17.5. The monoisotopic (exact) mass is 403 g/mol. The summed E-state index contributed by atoms with van der Waals surface area (Å²) in [5, 5.41) is 3.93. The summed E-state index contributed by atoms with van der Waals surface area (Å²) in [5.74, 6) is 0. The molecule has 0 spiro atoms. The van der Waals surface area contributed by atoms with Gasteiger partial charge >= 0.3 is 6.03 Å². The van der Waals surface area contributed by atoms with Crippen molar-refractivity contribution >= 4 is 21.7 Å². The van der Waals surface area contributed by atoms with Crippen LogP contribution in [0.5, 0.6) is 0 Å². The maximum Gasteiger partial charge on any atom is 0.333 e. The summed E-state index contributed by atoms with van der Waals surface area (Å²) in [4.78, 5) is 14.6. The molecule has 1 fully saturated rings. The number of amides is 2. The fourth-order valence-corrected chi connectivity index (χ4v) is 5.75. The Morgan fingerprint density at radius 3 is 2.57 bits per heavy atom. The van der Waals surface area contributed by atoms with E-state index in [1.807, 2.05) is 20.0 Å². The summed E-state index contributed by atoms with van der Waals surface area (Å²) in [5.41, 5.74) is 5.81. The second-order valence-electron chi connectivity index (χ2n) is 8.51. The molecule has 2 aliphatic carbocycles. The van der Waals surface area contributed by atoms with Crippen LogP contribution in [0.25, 0.3) is 0 Å². The molecule has 1 aliphatic heterocycles. The normalized spacial score (nSPS) is 24.5. The highest BCUT2D eigenvalue weighted by atomic mass is 32.2. The van der Waals surface area contributed by atoms with Crippen molar-refractivity contribution in [1.82, 2.24) is 9.62 Å². The Bertz CT molecular complexity index is 939. The lowest BCUT2D eigenvalue weighted by molar-refractivity contribution is 0.251. The average Bonchev–Trinajstić information content (AvgIpc) is 3.33. The quantitative estimate of drug-likeness (QED) is 0.810. The van der Waals surface area contributed by atoms with Crippen molar-refractivity contribution in [2.75, 3.05) is 18.9 Å². The van der Waals surface area contributed by atoms with E-state index in [1.165, 1.54) is 22.3 Å². The number of rotatable bonds is 4. The molecule has 28 heavy (non-hydrogen) atoms. The molecular formula is C21H29N3O3S. The number of likely N-dealkylation sites (N-methyl/N-ethyl adjacent to an activating group) is 1. The van der Waals surface area contributed by atoms with E-state index in [2.05, 4.69) is 14.9 Å². The summed E-state index contributed by atoms with van der Waals surface area (Å²) >= 11 is 0. The zero-order chi connectivity index (χ0) is 19.9. The third kappa shape index (κ3) is 3.70. The number of anilines is 1. The highest BCUT2D eigenvalue weighted by Crippen LogP contribution is 2.38. The number of urea groups is 1. The van der Waals surface area contributed by atoms with Gasteiger partial charge in [0.05, 0.1) is 0 Å². The molecule has 0 unspecified atom stereocenters. The first kappa shape index (κ1) is 19.5. The van der Waals surface area contributed by atoms with Crippen molar-refractivity contribution in [1.29, 1.82) is 0 Å². The minimum atomic E-state index is -3.84. The van der Waals surface area contributed by atoms with Crippen molar-refractivity contribution in [3.8, 4) is 0 Å². The zero-order valence-electron chi connectivity index (χ0n) is 16.7. The van der Waals surface area contributed by atoms with Crippen LogP contribution in [-0.4, -0.2) is 38.5 Å². The molecule has 3 aliphatic rings. The number of fused-ring (bicyclic) bond motifs is 3. The van der Waals surface area contributed by atoms with E-state index in [4.69, 9.17) is 0 Å². The van der Waals surface area contributed by atoms with Gasteiger partial charge < -0.3 is 5.32 Å². The van der Waals surface area contributed by atoms with Gasteiger partial charge in [0.2, 0.25) is 0 Å². The van der Waals surface area contributed by atoms with Crippen LogP contribution >= 0.6 is 0 Å². The lowest BCUT2D eigenvalue weighted by Crippen LogP contribution is -2.37. The van der Waals surface area contributed by atoms with Crippen LogP contribution in [0.1, 0.15) is 54.9 Å². The molecule has 1 saturated heterocycles. The largest absolute Gasteiger partial charge is 0.333 e. The summed E-state index contributed by atoms with van der Waals surface area (Å²) in [6.45, 7) is 2.96. The van der Waals surface area contributed by atoms with E-state index in [0.29, 0.717) is 0 Å². The first-order chi connectivity index (χ1) is 13.3. The first-order valence-corrected chi connectivity index (χ1v) is 11.7. The minimum absolute atomic E-state index is 0.286. The van der Waals surface area contributed by atoms with Gasteiger partial charge in [-0.25, -0.2) is 17.9 Å². The molecular weight excluding hydrogens is 374 g/mol. The molecule has 6 nitrogen and oxygen atoms in total. The molecule has 7 heteroatoms. The molecule has 0 bridgehead atoms. The van der Waals surface area contributed by atoms with Gasteiger partial charge in [-0.05, 0) is 100 Å². The smallest absolute Gasteiger partial charge is 0.307 e. The maximum atomic E-state index is 12.4. The molecule has 0 aromatic heterocycles. The van der Waals surface area contributed by atoms with Crippen LogP contribution in [0.4, 0.5) is 10.5 Å². The van der Waals surface area contributed by atoms with Crippen molar-refractivity contribution in [3.63, 3.8) is 0 Å². The van der Waals surface area contributed by atoms with Gasteiger partial charge in [-0.3, -0.25) is 4.90 Å². The van der Waals surface area contributed by atoms with Crippen molar-refractivity contribution in [2.45, 2.75) is 63.8 Å². The Morgan fingerprint density at radius 1 is 1.11 bits per heavy atom. The molecule has 1 aromatic rings. The Morgan fingerprint density at radius 2 is 1.82 bits per heavy atom. The Balaban J connectivity index is 1.47. The summed E-state index contributed by atoms with van der Waals surface area (Å²) in [7, 11) is -1.86. The third-order valence-corrected chi connectivity index (χ3v) is 7.59. The van der Waals surface area contributed by atoms with Crippen LogP contribution < -0.4 is 10.0 Å². The Labute approximate surface area is 167 Å². The predicted molar refractivity (Wildman–Crippen MR) is 111 cm³/mol. The number of aryl methyl sites for hydroxylation is 1. The van der Waals surface area contributed by atoms with E-state index in [9.17, 15) is 13.2 Å². The number of hydrogen-bond donors (Lipinski definition) is 2. The fourth-order valence-electron chi connectivity index (χ4n) is 4.90. The van der Waals surface area contributed by atoms with Crippen molar-refractivity contribution < 1.29 is 13.2 Å². The first-order valence-electron chi connectivity index (χ1n) is 10.2. The number of nitrogens with zero attached hydrogens (tertiary/aromatic N) is 1. The molecule has 1 heterocycles. The number of carbonyl (C=O) groups excluding carboxylic acids is 1. The van der Waals surface area contributed by atoms with Crippen LogP contribution in [0.15, 0.2) is 17.6 Å². The average molecular weight is 404 g/mol. The molecule has 2 N–H and O–H groups in total.